The Hall–Kier alpha value is -0.770. The normalized spacial score (nSPS) is 16.4. The van der Waals surface area contributed by atoms with Gasteiger partial charge in [-0.15, -0.1) is 0 Å². The van der Waals surface area contributed by atoms with Crippen molar-refractivity contribution < 1.29 is 0 Å². The Balaban J connectivity index is 1.97. The number of unbranched alkanes of at least 4 members (excludes halogenated alkanes) is 1. The summed E-state index contributed by atoms with van der Waals surface area (Å²) in [6, 6.07) is 0.644. The molecule has 4 heteroatoms. The summed E-state index contributed by atoms with van der Waals surface area (Å²) in [6.45, 7) is 7.74. The quantitative estimate of drug-likeness (QED) is 0.393. The van der Waals surface area contributed by atoms with Gasteiger partial charge >= 0.3 is 0 Å². The minimum absolute atomic E-state index is 0.644. The predicted octanol–water partition coefficient (Wildman–Crippen LogP) is 1.68. The lowest BCUT2D eigenvalue weighted by Gasteiger charge is -2.20. The molecule has 0 radical (unpaired) electrons. The van der Waals surface area contributed by atoms with Crippen LogP contribution in [0, 0.1) is 5.92 Å². The summed E-state index contributed by atoms with van der Waals surface area (Å²) in [7, 11) is 4.03. The Bertz CT molecular complexity index is 246. The van der Waals surface area contributed by atoms with Gasteiger partial charge in [0.1, 0.15) is 0 Å². The van der Waals surface area contributed by atoms with Crippen molar-refractivity contribution in [2.45, 2.75) is 45.6 Å². The summed E-state index contributed by atoms with van der Waals surface area (Å²) in [5.74, 6) is 1.85. The van der Waals surface area contributed by atoms with Crippen LogP contribution in [0.2, 0.25) is 0 Å². The van der Waals surface area contributed by atoms with Crippen LogP contribution in [0.5, 0.6) is 0 Å². The summed E-state index contributed by atoms with van der Waals surface area (Å²) in [5, 5.41) is 6.75. The number of hydrogen-bond acceptors (Lipinski definition) is 2. The van der Waals surface area contributed by atoms with Gasteiger partial charge in [-0.2, -0.15) is 0 Å². The summed E-state index contributed by atoms with van der Waals surface area (Å²) in [5.41, 5.74) is 0. The third-order valence-corrected chi connectivity index (χ3v) is 3.59. The summed E-state index contributed by atoms with van der Waals surface area (Å²) in [4.78, 5) is 6.62. The molecule has 0 amide bonds. The summed E-state index contributed by atoms with van der Waals surface area (Å²) < 4.78 is 0. The Labute approximate surface area is 112 Å². The second kappa shape index (κ2) is 8.35. The van der Waals surface area contributed by atoms with Gasteiger partial charge in [-0.1, -0.05) is 0 Å². The van der Waals surface area contributed by atoms with Gasteiger partial charge in [0.15, 0.2) is 5.96 Å². The van der Waals surface area contributed by atoms with Crippen LogP contribution >= 0.6 is 0 Å². The first kappa shape index (κ1) is 15.3. The maximum absolute atomic E-state index is 4.23. The van der Waals surface area contributed by atoms with Crippen LogP contribution in [-0.4, -0.2) is 50.6 Å². The molecule has 0 heterocycles. The second-order valence-electron chi connectivity index (χ2n) is 5.60. The van der Waals surface area contributed by atoms with Gasteiger partial charge in [0.05, 0.1) is 0 Å². The maximum Gasteiger partial charge on any atom is 0.190 e. The fourth-order valence-electron chi connectivity index (χ4n) is 1.73. The highest BCUT2D eigenvalue weighted by atomic mass is 15.2. The molecule has 0 saturated heterocycles. The number of nitrogens with zero attached hydrogens (tertiary/aromatic N) is 2. The zero-order valence-corrected chi connectivity index (χ0v) is 12.5. The molecule has 0 aliphatic heterocycles. The Morgan fingerprint density at radius 1 is 1.28 bits per heavy atom. The molecule has 0 spiro atoms. The number of nitrogens with one attached hydrogen (secondary N) is 2. The van der Waals surface area contributed by atoms with Gasteiger partial charge < -0.3 is 15.5 Å². The van der Waals surface area contributed by atoms with Crippen LogP contribution in [0.3, 0.4) is 0 Å². The summed E-state index contributed by atoms with van der Waals surface area (Å²) in [6.07, 6.45) is 5.19. The largest absolute Gasteiger partial charge is 0.356 e. The molecule has 1 rings (SSSR count). The van der Waals surface area contributed by atoms with Crippen LogP contribution in [0.4, 0.5) is 0 Å². The molecule has 106 valence electrons. The van der Waals surface area contributed by atoms with Crippen molar-refractivity contribution >= 4 is 5.96 Å². The van der Waals surface area contributed by atoms with E-state index in [4.69, 9.17) is 0 Å². The zero-order valence-electron chi connectivity index (χ0n) is 12.5. The number of rotatable bonds is 8. The van der Waals surface area contributed by atoms with Gasteiger partial charge in [0.25, 0.3) is 0 Å². The van der Waals surface area contributed by atoms with E-state index in [1.807, 2.05) is 7.05 Å². The van der Waals surface area contributed by atoms with Crippen LogP contribution in [-0.2, 0) is 0 Å². The van der Waals surface area contributed by atoms with E-state index < -0.39 is 0 Å². The van der Waals surface area contributed by atoms with Gasteiger partial charge in [0.2, 0.25) is 0 Å². The van der Waals surface area contributed by atoms with Crippen molar-refractivity contribution in [3.8, 4) is 0 Å². The monoisotopic (exact) mass is 254 g/mol. The molecule has 0 unspecified atom stereocenters. The molecule has 1 fully saturated rings. The number of guanidine groups is 1. The molecule has 18 heavy (non-hydrogen) atoms. The topological polar surface area (TPSA) is 39.7 Å². The Morgan fingerprint density at radius 2 is 2.00 bits per heavy atom. The highest BCUT2D eigenvalue weighted by Gasteiger charge is 2.20. The molecule has 4 nitrogen and oxygen atoms in total. The predicted molar refractivity (Wildman–Crippen MR) is 79.1 cm³/mol. The molecule has 0 atom stereocenters. The third-order valence-electron chi connectivity index (χ3n) is 3.59. The fraction of sp³-hybridized carbons (Fsp3) is 0.929. The molecule has 1 aliphatic rings. The van der Waals surface area contributed by atoms with Gasteiger partial charge in [-0.05, 0) is 59.0 Å². The molecule has 0 aromatic rings. The van der Waals surface area contributed by atoms with Crippen LogP contribution in [0.25, 0.3) is 0 Å². The maximum atomic E-state index is 4.23. The average Bonchev–Trinajstić information content (AvgIpc) is 3.16. The molecular formula is C14H30N4. The average molecular weight is 254 g/mol. The van der Waals surface area contributed by atoms with Gasteiger partial charge in [0, 0.05) is 26.2 Å². The third kappa shape index (κ3) is 6.84. The minimum Gasteiger partial charge on any atom is -0.356 e. The lowest BCUT2D eigenvalue weighted by Crippen LogP contribution is -2.39. The molecule has 2 N–H and O–H groups in total. The van der Waals surface area contributed by atoms with E-state index in [9.17, 15) is 0 Å². The van der Waals surface area contributed by atoms with Crippen molar-refractivity contribution in [3.63, 3.8) is 0 Å². The van der Waals surface area contributed by atoms with E-state index in [2.05, 4.69) is 41.4 Å². The molecule has 1 saturated carbocycles. The zero-order chi connectivity index (χ0) is 13.4. The first-order valence-electron chi connectivity index (χ1n) is 7.28. The minimum atomic E-state index is 0.644. The van der Waals surface area contributed by atoms with Crippen LogP contribution < -0.4 is 10.6 Å². The SMILES string of the molecule is CN=C(NCCCCN(C)C(C)C)NCC1CC1. The van der Waals surface area contributed by atoms with Gasteiger partial charge in [-0.3, -0.25) is 4.99 Å². The van der Waals surface area contributed by atoms with E-state index in [-0.39, 0.29) is 0 Å². The molecule has 0 bridgehead atoms. The highest BCUT2D eigenvalue weighted by molar-refractivity contribution is 5.79. The van der Waals surface area contributed by atoms with Crippen molar-refractivity contribution in [3.05, 3.63) is 0 Å². The molecular weight excluding hydrogens is 224 g/mol. The fourth-order valence-corrected chi connectivity index (χ4v) is 1.73. The van der Waals surface area contributed by atoms with Gasteiger partial charge in [-0.25, -0.2) is 0 Å². The van der Waals surface area contributed by atoms with E-state index in [0.717, 1.165) is 25.0 Å². The first-order chi connectivity index (χ1) is 8.63. The number of hydrogen-bond donors (Lipinski definition) is 2. The van der Waals surface area contributed by atoms with E-state index in [1.165, 1.54) is 32.2 Å². The van der Waals surface area contributed by atoms with Crippen molar-refractivity contribution in [1.29, 1.82) is 0 Å². The molecule has 0 aromatic heterocycles. The Morgan fingerprint density at radius 3 is 2.56 bits per heavy atom. The van der Waals surface area contributed by atoms with Crippen molar-refractivity contribution in [2.75, 3.05) is 33.7 Å². The van der Waals surface area contributed by atoms with Crippen molar-refractivity contribution in [2.24, 2.45) is 10.9 Å². The van der Waals surface area contributed by atoms with E-state index in [1.54, 1.807) is 0 Å². The lowest BCUT2D eigenvalue weighted by atomic mass is 10.2. The second-order valence-corrected chi connectivity index (χ2v) is 5.60. The Kier molecular flexibility index (Phi) is 7.09. The highest BCUT2D eigenvalue weighted by Crippen LogP contribution is 2.27. The lowest BCUT2D eigenvalue weighted by molar-refractivity contribution is 0.268. The van der Waals surface area contributed by atoms with Crippen molar-refractivity contribution in [1.82, 2.24) is 15.5 Å². The van der Waals surface area contributed by atoms with Crippen LogP contribution in [0.1, 0.15) is 39.5 Å². The molecule has 1 aliphatic carbocycles. The summed E-state index contributed by atoms with van der Waals surface area (Å²) >= 11 is 0. The first-order valence-corrected chi connectivity index (χ1v) is 7.28. The van der Waals surface area contributed by atoms with E-state index >= 15 is 0 Å². The standard InChI is InChI=1S/C14H30N4/c1-12(2)18(4)10-6-5-9-16-14(15-3)17-11-13-7-8-13/h12-13H,5-11H2,1-4H3,(H2,15,16,17). The number of aliphatic imine (C=N–C) groups is 1. The van der Waals surface area contributed by atoms with E-state index in [0.29, 0.717) is 6.04 Å². The molecule has 0 aromatic carbocycles. The smallest absolute Gasteiger partial charge is 0.190 e. The van der Waals surface area contributed by atoms with Crippen LogP contribution in [0.15, 0.2) is 4.99 Å².